The fourth-order valence-electron chi connectivity index (χ4n) is 2.37. The minimum Gasteiger partial charge on any atom is -0.368 e. The van der Waals surface area contributed by atoms with Crippen LogP contribution in [0, 0.1) is 5.92 Å². The van der Waals surface area contributed by atoms with Crippen molar-refractivity contribution in [1.82, 2.24) is 5.32 Å². The Labute approximate surface area is 124 Å². The molecule has 0 aliphatic carbocycles. The Kier molecular flexibility index (Phi) is 4.58. The first-order chi connectivity index (χ1) is 10.0. The van der Waals surface area contributed by atoms with E-state index < -0.39 is 11.9 Å². The largest absolute Gasteiger partial charge is 0.368 e. The molecule has 2 aromatic carbocycles. The van der Waals surface area contributed by atoms with E-state index in [0.29, 0.717) is 5.56 Å². The molecule has 0 radical (unpaired) electrons. The van der Waals surface area contributed by atoms with Gasteiger partial charge in [-0.05, 0) is 22.8 Å². The molecule has 0 aromatic heterocycles. The summed E-state index contributed by atoms with van der Waals surface area (Å²) >= 11 is 0. The van der Waals surface area contributed by atoms with Crippen molar-refractivity contribution >= 4 is 22.6 Å². The van der Waals surface area contributed by atoms with Crippen molar-refractivity contribution in [3.05, 3.63) is 48.0 Å². The summed E-state index contributed by atoms with van der Waals surface area (Å²) in [6, 6.07) is 12.5. The summed E-state index contributed by atoms with van der Waals surface area (Å²) in [5, 5.41) is 4.62. The molecule has 2 aromatic rings. The van der Waals surface area contributed by atoms with E-state index in [0.717, 1.165) is 17.2 Å². The average Bonchev–Trinajstić information content (AvgIpc) is 2.50. The molecule has 0 fully saturated rings. The summed E-state index contributed by atoms with van der Waals surface area (Å²) in [6.45, 7) is 3.86. The van der Waals surface area contributed by atoms with Gasteiger partial charge < -0.3 is 11.1 Å². The predicted octanol–water partition coefficient (Wildman–Crippen LogP) is 2.47. The lowest BCUT2D eigenvalue weighted by atomic mass is 9.97. The third-order valence-electron chi connectivity index (χ3n) is 3.84. The highest BCUT2D eigenvalue weighted by atomic mass is 16.2. The van der Waals surface area contributed by atoms with Gasteiger partial charge in [0.15, 0.2) is 0 Å². The monoisotopic (exact) mass is 284 g/mol. The standard InChI is InChI=1S/C17H20N2O2/c1-3-11(2)15(16(18)20)19-17(21)14-10-6-8-12-7-4-5-9-13(12)14/h4-11,15H,3H2,1-2H3,(H2,18,20)(H,19,21)/t11-,15-/m0/s1. The molecule has 4 heteroatoms. The molecule has 21 heavy (non-hydrogen) atoms. The van der Waals surface area contributed by atoms with Crippen LogP contribution in [0.2, 0.25) is 0 Å². The summed E-state index contributed by atoms with van der Waals surface area (Å²) in [5.41, 5.74) is 5.96. The molecule has 0 aliphatic heterocycles. The maximum absolute atomic E-state index is 12.5. The van der Waals surface area contributed by atoms with E-state index in [4.69, 9.17) is 5.73 Å². The fourth-order valence-corrected chi connectivity index (χ4v) is 2.37. The number of rotatable bonds is 5. The van der Waals surface area contributed by atoms with Crippen molar-refractivity contribution in [3.63, 3.8) is 0 Å². The van der Waals surface area contributed by atoms with E-state index >= 15 is 0 Å². The molecule has 0 saturated heterocycles. The van der Waals surface area contributed by atoms with Crippen LogP contribution in [-0.4, -0.2) is 17.9 Å². The average molecular weight is 284 g/mol. The zero-order valence-electron chi connectivity index (χ0n) is 12.3. The summed E-state index contributed by atoms with van der Waals surface area (Å²) in [7, 11) is 0. The van der Waals surface area contributed by atoms with Crippen LogP contribution >= 0.6 is 0 Å². The molecule has 0 bridgehead atoms. The Morgan fingerprint density at radius 2 is 1.81 bits per heavy atom. The first-order valence-electron chi connectivity index (χ1n) is 7.12. The maximum atomic E-state index is 12.5. The van der Waals surface area contributed by atoms with Gasteiger partial charge in [-0.2, -0.15) is 0 Å². The van der Waals surface area contributed by atoms with Gasteiger partial charge in [-0.15, -0.1) is 0 Å². The minimum absolute atomic E-state index is 0.00132. The van der Waals surface area contributed by atoms with E-state index in [2.05, 4.69) is 5.32 Å². The molecule has 0 saturated carbocycles. The van der Waals surface area contributed by atoms with Gasteiger partial charge in [0.1, 0.15) is 6.04 Å². The van der Waals surface area contributed by atoms with Gasteiger partial charge in [0.25, 0.3) is 5.91 Å². The van der Waals surface area contributed by atoms with Crippen molar-refractivity contribution < 1.29 is 9.59 Å². The molecule has 0 heterocycles. The zero-order valence-corrected chi connectivity index (χ0v) is 12.3. The van der Waals surface area contributed by atoms with Crippen LogP contribution in [0.3, 0.4) is 0 Å². The van der Waals surface area contributed by atoms with E-state index in [9.17, 15) is 9.59 Å². The van der Waals surface area contributed by atoms with Crippen LogP contribution in [0.15, 0.2) is 42.5 Å². The SMILES string of the molecule is CC[C@H](C)[C@H](NC(=O)c1cccc2ccccc12)C(N)=O. The zero-order chi connectivity index (χ0) is 15.4. The molecular formula is C17H20N2O2. The Balaban J connectivity index is 2.32. The number of fused-ring (bicyclic) bond motifs is 1. The normalized spacial score (nSPS) is 13.6. The van der Waals surface area contributed by atoms with Crippen molar-refractivity contribution in [2.24, 2.45) is 11.7 Å². The highest BCUT2D eigenvalue weighted by Gasteiger charge is 2.24. The van der Waals surface area contributed by atoms with Gasteiger partial charge in [0, 0.05) is 5.56 Å². The topological polar surface area (TPSA) is 72.2 Å². The van der Waals surface area contributed by atoms with Crippen molar-refractivity contribution in [2.75, 3.05) is 0 Å². The lowest BCUT2D eigenvalue weighted by molar-refractivity contribution is -0.120. The highest BCUT2D eigenvalue weighted by molar-refractivity contribution is 6.08. The lowest BCUT2D eigenvalue weighted by Gasteiger charge is -2.21. The van der Waals surface area contributed by atoms with Crippen LogP contribution in [0.5, 0.6) is 0 Å². The van der Waals surface area contributed by atoms with Crippen LogP contribution in [0.1, 0.15) is 30.6 Å². The molecule has 110 valence electrons. The molecule has 0 aliphatic rings. The lowest BCUT2D eigenvalue weighted by Crippen LogP contribution is -2.48. The molecule has 0 spiro atoms. The summed E-state index contributed by atoms with van der Waals surface area (Å²) in [6.07, 6.45) is 0.767. The number of nitrogens with one attached hydrogen (secondary N) is 1. The van der Waals surface area contributed by atoms with Gasteiger partial charge in [-0.3, -0.25) is 9.59 Å². The number of amides is 2. The number of hydrogen-bond acceptors (Lipinski definition) is 2. The Morgan fingerprint density at radius 3 is 2.48 bits per heavy atom. The number of primary amides is 1. The van der Waals surface area contributed by atoms with E-state index in [1.807, 2.05) is 50.2 Å². The summed E-state index contributed by atoms with van der Waals surface area (Å²) in [5.74, 6) is -0.768. The van der Waals surface area contributed by atoms with Gasteiger partial charge in [0.05, 0.1) is 0 Å². The van der Waals surface area contributed by atoms with Gasteiger partial charge >= 0.3 is 0 Å². The summed E-state index contributed by atoms with van der Waals surface area (Å²) < 4.78 is 0. The number of benzene rings is 2. The number of hydrogen-bond donors (Lipinski definition) is 2. The second-order valence-corrected chi connectivity index (χ2v) is 5.27. The van der Waals surface area contributed by atoms with E-state index in [1.165, 1.54) is 0 Å². The van der Waals surface area contributed by atoms with Crippen molar-refractivity contribution in [1.29, 1.82) is 0 Å². The molecule has 3 N–H and O–H groups in total. The van der Waals surface area contributed by atoms with E-state index in [-0.39, 0.29) is 11.8 Å². The Hall–Kier alpha value is -2.36. The summed E-state index contributed by atoms with van der Waals surface area (Å²) in [4.78, 5) is 24.0. The van der Waals surface area contributed by atoms with Crippen LogP contribution in [-0.2, 0) is 4.79 Å². The molecule has 0 unspecified atom stereocenters. The molecule has 2 amide bonds. The molecule has 2 atom stereocenters. The predicted molar refractivity (Wildman–Crippen MR) is 83.9 cm³/mol. The number of nitrogens with two attached hydrogens (primary N) is 1. The Bertz CT molecular complexity index is 661. The maximum Gasteiger partial charge on any atom is 0.252 e. The number of carbonyl (C=O) groups is 2. The Morgan fingerprint density at radius 1 is 1.14 bits per heavy atom. The molecule has 2 rings (SSSR count). The van der Waals surface area contributed by atoms with E-state index in [1.54, 1.807) is 6.07 Å². The van der Waals surface area contributed by atoms with Gasteiger partial charge in [-0.1, -0.05) is 56.7 Å². The fraction of sp³-hybridized carbons (Fsp3) is 0.294. The highest BCUT2D eigenvalue weighted by Crippen LogP contribution is 2.19. The molecular weight excluding hydrogens is 264 g/mol. The third-order valence-corrected chi connectivity index (χ3v) is 3.84. The molecule has 4 nitrogen and oxygen atoms in total. The third kappa shape index (κ3) is 3.21. The van der Waals surface area contributed by atoms with Gasteiger partial charge in [0.2, 0.25) is 5.91 Å². The second kappa shape index (κ2) is 6.39. The first kappa shape index (κ1) is 15.0. The van der Waals surface area contributed by atoms with Crippen LogP contribution in [0.25, 0.3) is 10.8 Å². The second-order valence-electron chi connectivity index (χ2n) is 5.27. The van der Waals surface area contributed by atoms with Crippen molar-refractivity contribution in [2.45, 2.75) is 26.3 Å². The number of carbonyl (C=O) groups excluding carboxylic acids is 2. The first-order valence-corrected chi connectivity index (χ1v) is 7.12. The van der Waals surface area contributed by atoms with Crippen LogP contribution in [0.4, 0.5) is 0 Å². The van der Waals surface area contributed by atoms with Crippen molar-refractivity contribution in [3.8, 4) is 0 Å². The smallest absolute Gasteiger partial charge is 0.252 e. The quantitative estimate of drug-likeness (QED) is 0.885. The van der Waals surface area contributed by atoms with Crippen LogP contribution < -0.4 is 11.1 Å². The minimum atomic E-state index is -0.651. The van der Waals surface area contributed by atoms with Gasteiger partial charge in [-0.25, -0.2) is 0 Å².